The number of nitrogens with one attached hydrogen (secondary N) is 1. The van der Waals surface area contributed by atoms with E-state index in [-0.39, 0.29) is 28.6 Å². The molecule has 1 unspecified atom stereocenters. The minimum absolute atomic E-state index is 0.0394. The fourth-order valence-electron chi connectivity index (χ4n) is 3.33. The quantitative estimate of drug-likeness (QED) is 0.716. The predicted octanol–water partition coefficient (Wildman–Crippen LogP) is 3.10. The SMILES string of the molecule is CC(SCC(=O)Nc1ccc(F)cc1)C(=O)N1CCN(Cc2ccc(C#N)cc2)CC1. The van der Waals surface area contributed by atoms with Crippen molar-refractivity contribution in [3.8, 4) is 6.07 Å². The molecule has 0 aromatic heterocycles. The van der Waals surface area contributed by atoms with Gasteiger partial charge in [-0.1, -0.05) is 12.1 Å². The molecule has 162 valence electrons. The first-order valence-corrected chi connectivity index (χ1v) is 11.2. The summed E-state index contributed by atoms with van der Waals surface area (Å²) < 4.78 is 12.9. The number of hydrogen-bond acceptors (Lipinski definition) is 5. The second kappa shape index (κ2) is 10.9. The van der Waals surface area contributed by atoms with Gasteiger partial charge in [-0.2, -0.15) is 5.26 Å². The van der Waals surface area contributed by atoms with Gasteiger partial charge in [-0.15, -0.1) is 11.8 Å². The largest absolute Gasteiger partial charge is 0.339 e. The number of hydrogen-bond donors (Lipinski definition) is 1. The minimum Gasteiger partial charge on any atom is -0.339 e. The molecule has 31 heavy (non-hydrogen) atoms. The van der Waals surface area contributed by atoms with E-state index in [0.717, 1.165) is 25.2 Å². The van der Waals surface area contributed by atoms with Crippen LogP contribution in [0.15, 0.2) is 48.5 Å². The number of rotatable bonds is 7. The van der Waals surface area contributed by atoms with Crippen LogP contribution >= 0.6 is 11.8 Å². The van der Waals surface area contributed by atoms with Gasteiger partial charge < -0.3 is 10.2 Å². The second-order valence-electron chi connectivity index (χ2n) is 7.42. The molecular weight excluding hydrogens is 415 g/mol. The Morgan fingerprint density at radius 2 is 1.74 bits per heavy atom. The van der Waals surface area contributed by atoms with E-state index in [9.17, 15) is 14.0 Å². The van der Waals surface area contributed by atoms with E-state index in [1.54, 1.807) is 0 Å². The number of halogens is 1. The average molecular weight is 441 g/mol. The van der Waals surface area contributed by atoms with Gasteiger partial charge in [-0.3, -0.25) is 14.5 Å². The van der Waals surface area contributed by atoms with Gasteiger partial charge in [0.15, 0.2) is 0 Å². The van der Waals surface area contributed by atoms with Crippen LogP contribution < -0.4 is 5.32 Å². The third-order valence-electron chi connectivity index (χ3n) is 5.11. The number of anilines is 1. The molecule has 2 amide bonds. The predicted molar refractivity (Wildman–Crippen MR) is 120 cm³/mol. The van der Waals surface area contributed by atoms with Crippen LogP contribution in [0.25, 0.3) is 0 Å². The molecule has 3 rings (SSSR count). The Hall–Kier alpha value is -2.89. The van der Waals surface area contributed by atoms with E-state index >= 15 is 0 Å². The van der Waals surface area contributed by atoms with Crippen LogP contribution in [0.2, 0.25) is 0 Å². The van der Waals surface area contributed by atoms with E-state index in [1.807, 2.05) is 36.1 Å². The van der Waals surface area contributed by atoms with Crippen molar-refractivity contribution in [2.45, 2.75) is 18.7 Å². The van der Waals surface area contributed by atoms with Gasteiger partial charge in [0.25, 0.3) is 0 Å². The Morgan fingerprint density at radius 3 is 2.35 bits per heavy atom. The highest BCUT2D eigenvalue weighted by Crippen LogP contribution is 2.17. The maximum atomic E-state index is 12.9. The van der Waals surface area contributed by atoms with Crippen LogP contribution in [0.3, 0.4) is 0 Å². The van der Waals surface area contributed by atoms with Crippen molar-refractivity contribution in [2.75, 3.05) is 37.2 Å². The molecule has 1 atom stereocenters. The molecule has 1 heterocycles. The number of piperazine rings is 1. The van der Waals surface area contributed by atoms with Crippen LogP contribution in [0, 0.1) is 17.1 Å². The fourth-order valence-corrected chi connectivity index (χ4v) is 4.09. The van der Waals surface area contributed by atoms with Gasteiger partial charge in [0.05, 0.1) is 22.6 Å². The Bertz CT molecular complexity index is 936. The normalized spacial score (nSPS) is 15.2. The summed E-state index contributed by atoms with van der Waals surface area (Å²) in [6, 6.07) is 15.3. The number of nitrogens with zero attached hydrogens (tertiary/aromatic N) is 3. The van der Waals surface area contributed by atoms with E-state index in [1.165, 1.54) is 36.0 Å². The Kier molecular flexibility index (Phi) is 8.04. The van der Waals surface area contributed by atoms with Gasteiger partial charge in [0.2, 0.25) is 11.8 Å². The summed E-state index contributed by atoms with van der Waals surface area (Å²) in [6.45, 7) is 5.49. The third-order valence-corrected chi connectivity index (χ3v) is 6.24. The highest BCUT2D eigenvalue weighted by Gasteiger charge is 2.25. The number of nitriles is 1. The van der Waals surface area contributed by atoms with Crippen LogP contribution in [0.1, 0.15) is 18.1 Å². The summed E-state index contributed by atoms with van der Waals surface area (Å²) in [5, 5.41) is 11.3. The van der Waals surface area contributed by atoms with Crippen LogP contribution in [-0.2, 0) is 16.1 Å². The van der Waals surface area contributed by atoms with Gasteiger partial charge in [0, 0.05) is 38.4 Å². The Balaban J connectivity index is 1.39. The minimum atomic E-state index is -0.358. The molecule has 8 heteroatoms. The molecule has 0 bridgehead atoms. The highest BCUT2D eigenvalue weighted by atomic mass is 32.2. The number of amides is 2. The first-order valence-electron chi connectivity index (χ1n) is 10.1. The van der Waals surface area contributed by atoms with E-state index < -0.39 is 0 Å². The van der Waals surface area contributed by atoms with Crippen molar-refractivity contribution in [3.05, 3.63) is 65.5 Å². The topological polar surface area (TPSA) is 76.4 Å². The summed E-state index contributed by atoms with van der Waals surface area (Å²) in [4.78, 5) is 28.9. The van der Waals surface area contributed by atoms with Crippen molar-refractivity contribution in [2.24, 2.45) is 0 Å². The summed E-state index contributed by atoms with van der Waals surface area (Å²) in [7, 11) is 0. The fraction of sp³-hybridized carbons (Fsp3) is 0.348. The van der Waals surface area contributed by atoms with Crippen molar-refractivity contribution in [1.82, 2.24) is 9.80 Å². The monoisotopic (exact) mass is 440 g/mol. The number of benzene rings is 2. The molecular formula is C23H25FN4O2S. The van der Waals surface area contributed by atoms with Gasteiger partial charge in [0.1, 0.15) is 5.82 Å². The molecule has 2 aromatic carbocycles. The highest BCUT2D eigenvalue weighted by molar-refractivity contribution is 8.01. The molecule has 1 aliphatic rings. The first kappa shape index (κ1) is 22.8. The zero-order valence-corrected chi connectivity index (χ0v) is 18.2. The standard InChI is InChI=1S/C23H25FN4O2S/c1-17(31-16-22(29)26-21-8-6-20(24)7-9-21)23(30)28-12-10-27(11-13-28)15-19-4-2-18(14-25)3-5-19/h2-9,17H,10-13,15-16H2,1H3,(H,26,29). The van der Waals surface area contributed by atoms with Crippen molar-refractivity contribution in [3.63, 3.8) is 0 Å². The second-order valence-corrected chi connectivity index (χ2v) is 8.75. The lowest BCUT2D eigenvalue weighted by Gasteiger charge is -2.35. The lowest BCUT2D eigenvalue weighted by atomic mass is 10.1. The molecule has 0 spiro atoms. The first-order chi connectivity index (χ1) is 14.9. The molecule has 6 nitrogen and oxygen atoms in total. The molecule has 1 N–H and O–H groups in total. The van der Waals surface area contributed by atoms with Gasteiger partial charge >= 0.3 is 0 Å². The number of carbonyl (C=O) groups excluding carboxylic acids is 2. The van der Waals surface area contributed by atoms with Crippen LogP contribution in [-0.4, -0.2) is 58.8 Å². The zero-order chi connectivity index (χ0) is 22.2. The lowest BCUT2D eigenvalue weighted by Crippen LogP contribution is -2.50. The molecule has 0 aliphatic carbocycles. The number of thioether (sulfide) groups is 1. The summed E-state index contributed by atoms with van der Waals surface area (Å²) in [5.41, 5.74) is 2.33. The Labute approximate surface area is 186 Å². The van der Waals surface area contributed by atoms with Gasteiger partial charge in [-0.05, 0) is 48.9 Å². The summed E-state index contributed by atoms with van der Waals surface area (Å²) in [6.07, 6.45) is 0. The van der Waals surface area contributed by atoms with E-state index in [0.29, 0.717) is 24.3 Å². The van der Waals surface area contributed by atoms with Crippen LogP contribution in [0.4, 0.5) is 10.1 Å². The lowest BCUT2D eigenvalue weighted by molar-refractivity contribution is -0.132. The third kappa shape index (κ3) is 6.81. The smallest absolute Gasteiger partial charge is 0.235 e. The summed E-state index contributed by atoms with van der Waals surface area (Å²) in [5.74, 6) is -0.382. The van der Waals surface area contributed by atoms with E-state index in [2.05, 4.69) is 16.3 Å². The average Bonchev–Trinajstić information content (AvgIpc) is 2.79. The molecule has 2 aromatic rings. The van der Waals surface area contributed by atoms with Crippen LogP contribution in [0.5, 0.6) is 0 Å². The van der Waals surface area contributed by atoms with E-state index in [4.69, 9.17) is 5.26 Å². The van der Waals surface area contributed by atoms with Crippen molar-refractivity contribution >= 4 is 29.3 Å². The number of carbonyl (C=O) groups is 2. The maximum Gasteiger partial charge on any atom is 0.235 e. The maximum absolute atomic E-state index is 12.9. The summed E-state index contributed by atoms with van der Waals surface area (Å²) >= 11 is 1.30. The molecule has 0 saturated carbocycles. The molecule has 1 saturated heterocycles. The molecule has 1 fully saturated rings. The van der Waals surface area contributed by atoms with Gasteiger partial charge in [-0.25, -0.2) is 4.39 Å². The molecule has 0 radical (unpaired) electrons. The molecule has 1 aliphatic heterocycles. The zero-order valence-electron chi connectivity index (χ0n) is 17.4. The van der Waals surface area contributed by atoms with Crippen molar-refractivity contribution < 1.29 is 14.0 Å². The Morgan fingerprint density at radius 1 is 1.10 bits per heavy atom. The van der Waals surface area contributed by atoms with Crippen molar-refractivity contribution in [1.29, 1.82) is 5.26 Å².